The summed E-state index contributed by atoms with van der Waals surface area (Å²) in [6.45, 7) is 1.39. The van der Waals surface area contributed by atoms with E-state index in [1.54, 1.807) is 31.5 Å². The van der Waals surface area contributed by atoms with Gasteiger partial charge < -0.3 is 14.7 Å². The van der Waals surface area contributed by atoms with Crippen LogP contribution in [0.1, 0.15) is 49.4 Å². The van der Waals surface area contributed by atoms with Crippen molar-refractivity contribution in [2.75, 3.05) is 45.7 Å². The van der Waals surface area contributed by atoms with E-state index in [-0.39, 0.29) is 18.4 Å². The van der Waals surface area contributed by atoms with Gasteiger partial charge in [0.15, 0.2) is 17.5 Å². The summed E-state index contributed by atoms with van der Waals surface area (Å²) < 4.78 is 61.5. The zero-order valence-corrected chi connectivity index (χ0v) is 23.3. The molecule has 0 spiro atoms. The number of ether oxygens (including phenoxy) is 1. The number of likely N-dealkylation sites (tertiary alicyclic amines) is 1. The first-order valence-corrected chi connectivity index (χ1v) is 13.4. The topological polar surface area (TPSA) is 65.9 Å². The molecule has 6 nitrogen and oxygen atoms in total. The van der Waals surface area contributed by atoms with Crippen molar-refractivity contribution in [2.24, 2.45) is 5.41 Å². The van der Waals surface area contributed by atoms with E-state index < -0.39 is 35.0 Å². The maximum Gasteiger partial charge on any atom is 0.303 e. The van der Waals surface area contributed by atoms with Crippen molar-refractivity contribution in [1.29, 1.82) is 0 Å². The Bertz CT molecular complexity index is 1450. The fourth-order valence-electron chi connectivity index (χ4n) is 5.47. The Labute approximate surface area is 236 Å². The van der Waals surface area contributed by atoms with E-state index in [0.717, 1.165) is 12.1 Å². The molecular formula is C31H33F4N3O3. The molecule has 1 fully saturated rings. The highest BCUT2D eigenvalue weighted by atomic mass is 19.2. The van der Waals surface area contributed by atoms with E-state index in [1.165, 1.54) is 0 Å². The molecule has 0 amide bonds. The number of hydrogen-bond acceptors (Lipinski definition) is 5. The van der Waals surface area contributed by atoms with Crippen molar-refractivity contribution in [3.8, 4) is 17.6 Å². The summed E-state index contributed by atoms with van der Waals surface area (Å²) in [4.78, 5) is 20.1. The number of anilines is 1. The Morgan fingerprint density at radius 3 is 2.46 bits per heavy atom. The average Bonchev–Trinajstić information content (AvgIpc) is 2.94. The number of carbonyl (C=O) groups is 1. The third kappa shape index (κ3) is 7.09. The molecule has 0 bridgehead atoms. The standard InChI is InChI=1S/C31H33F4N3O3/c1-37(2)27-19-36-26-7-6-21(41-3)17-22(26)29(27)23(32)8-9-31(18-28(39)40)10-13-38(14-11-31)12-4-5-20-15-24(33)30(35)25(34)16-20/h6-7,15-17,19,23H,8-14,18H2,1-3H3,(H,39,40)/t23-/m1/s1. The van der Waals surface area contributed by atoms with Crippen LogP contribution < -0.4 is 9.64 Å². The summed E-state index contributed by atoms with van der Waals surface area (Å²) in [5, 5.41) is 10.3. The molecule has 1 aliphatic rings. The second-order valence-electron chi connectivity index (χ2n) is 10.7. The minimum absolute atomic E-state index is 0.0333. The number of methoxy groups -OCH3 is 1. The number of carboxylic acid groups (broad SMARTS) is 1. The number of pyridine rings is 1. The lowest BCUT2D eigenvalue weighted by atomic mass is 9.71. The molecule has 1 aromatic heterocycles. The van der Waals surface area contributed by atoms with E-state index in [2.05, 4.69) is 16.8 Å². The first kappa shape index (κ1) is 30.1. The molecule has 218 valence electrons. The van der Waals surface area contributed by atoms with Crippen molar-refractivity contribution in [3.63, 3.8) is 0 Å². The van der Waals surface area contributed by atoms with Crippen LogP contribution in [-0.2, 0) is 4.79 Å². The van der Waals surface area contributed by atoms with Gasteiger partial charge in [0.1, 0.15) is 11.9 Å². The second-order valence-corrected chi connectivity index (χ2v) is 10.7. The molecule has 0 saturated carbocycles. The Kier molecular flexibility index (Phi) is 9.38. The molecule has 2 aromatic carbocycles. The summed E-state index contributed by atoms with van der Waals surface area (Å²) in [6, 6.07) is 7.03. The van der Waals surface area contributed by atoms with Crippen LogP contribution in [0.2, 0.25) is 0 Å². The molecule has 1 N–H and O–H groups in total. The zero-order chi connectivity index (χ0) is 29.7. The minimum atomic E-state index is -1.54. The lowest BCUT2D eigenvalue weighted by molar-refractivity contribution is -0.141. The van der Waals surface area contributed by atoms with Gasteiger partial charge >= 0.3 is 5.97 Å². The molecule has 4 rings (SSSR count). The van der Waals surface area contributed by atoms with Gasteiger partial charge in [0, 0.05) is 30.6 Å². The molecule has 0 aliphatic carbocycles. The monoisotopic (exact) mass is 571 g/mol. The molecule has 0 unspecified atom stereocenters. The SMILES string of the molecule is COc1ccc2ncc(N(C)C)c([C@H](F)CCC3(CC(=O)O)CCN(CC#Cc4cc(F)c(F)c(F)c4)CC3)c2c1. The summed E-state index contributed by atoms with van der Waals surface area (Å²) in [5.74, 6) is 1.03. The number of nitrogens with zero attached hydrogens (tertiary/aromatic N) is 3. The van der Waals surface area contributed by atoms with Crippen LogP contribution in [-0.4, -0.2) is 61.8 Å². The molecule has 0 radical (unpaired) electrons. The van der Waals surface area contributed by atoms with Gasteiger partial charge in [-0.25, -0.2) is 17.6 Å². The third-order valence-electron chi connectivity index (χ3n) is 7.78. The van der Waals surface area contributed by atoms with Crippen LogP contribution in [0, 0.1) is 34.7 Å². The Morgan fingerprint density at radius 1 is 1.17 bits per heavy atom. The van der Waals surface area contributed by atoms with E-state index in [0.29, 0.717) is 66.8 Å². The molecule has 2 heterocycles. The van der Waals surface area contributed by atoms with Crippen LogP contribution in [0.4, 0.5) is 23.2 Å². The largest absolute Gasteiger partial charge is 0.497 e. The predicted octanol–water partition coefficient (Wildman–Crippen LogP) is 6.13. The third-order valence-corrected chi connectivity index (χ3v) is 7.78. The highest BCUT2D eigenvalue weighted by molar-refractivity contribution is 5.88. The molecule has 3 aromatic rings. The van der Waals surface area contributed by atoms with Crippen molar-refractivity contribution in [3.05, 3.63) is 65.1 Å². The predicted molar refractivity (Wildman–Crippen MR) is 149 cm³/mol. The van der Waals surface area contributed by atoms with Crippen LogP contribution >= 0.6 is 0 Å². The van der Waals surface area contributed by atoms with Gasteiger partial charge in [0.25, 0.3) is 0 Å². The molecule has 1 atom stereocenters. The normalized spacial score (nSPS) is 15.7. The van der Waals surface area contributed by atoms with E-state index in [9.17, 15) is 23.1 Å². The minimum Gasteiger partial charge on any atom is -0.497 e. The van der Waals surface area contributed by atoms with Gasteiger partial charge in [-0.05, 0) is 74.5 Å². The Balaban J connectivity index is 1.47. The first-order chi connectivity index (χ1) is 19.5. The number of aromatic nitrogens is 1. The van der Waals surface area contributed by atoms with Gasteiger partial charge in [-0.1, -0.05) is 11.8 Å². The van der Waals surface area contributed by atoms with Crippen LogP contribution in [0.15, 0.2) is 36.5 Å². The van der Waals surface area contributed by atoms with Crippen molar-refractivity contribution in [2.45, 2.75) is 38.3 Å². The number of benzene rings is 2. The summed E-state index contributed by atoms with van der Waals surface area (Å²) in [6.07, 6.45) is 1.84. The van der Waals surface area contributed by atoms with E-state index >= 15 is 4.39 Å². The lowest BCUT2D eigenvalue weighted by Gasteiger charge is -2.41. The number of hydrogen-bond donors (Lipinski definition) is 1. The van der Waals surface area contributed by atoms with Crippen LogP contribution in [0.25, 0.3) is 10.9 Å². The molecule has 1 aliphatic heterocycles. The maximum absolute atomic E-state index is 16.1. The fourth-order valence-corrected chi connectivity index (χ4v) is 5.47. The smallest absolute Gasteiger partial charge is 0.303 e. The lowest BCUT2D eigenvalue weighted by Crippen LogP contribution is -2.41. The van der Waals surface area contributed by atoms with Crippen molar-refractivity contribution < 1.29 is 32.2 Å². The van der Waals surface area contributed by atoms with Gasteiger partial charge in [-0.3, -0.25) is 14.7 Å². The summed E-state index contributed by atoms with van der Waals surface area (Å²) >= 11 is 0. The number of rotatable bonds is 9. The fraction of sp³-hybridized carbons (Fsp3) is 0.419. The van der Waals surface area contributed by atoms with E-state index in [4.69, 9.17) is 4.74 Å². The number of aliphatic carboxylic acids is 1. The highest BCUT2D eigenvalue weighted by Crippen LogP contribution is 2.44. The molecule has 41 heavy (non-hydrogen) atoms. The number of halogens is 4. The summed E-state index contributed by atoms with van der Waals surface area (Å²) in [5.41, 5.74) is 1.26. The van der Waals surface area contributed by atoms with E-state index in [1.807, 2.05) is 23.9 Å². The zero-order valence-electron chi connectivity index (χ0n) is 23.3. The van der Waals surface area contributed by atoms with Gasteiger partial charge in [-0.2, -0.15) is 0 Å². The van der Waals surface area contributed by atoms with Gasteiger partial charge in [0.2, 0.25) is 0 Å². The number of carboxylic acids is 1. The van der Waals surface area contributed by atoms with Gasteiger partial charge in [0.05, 0.1) is 37.5 Å². The quantitative estimate of drug-likeness (QED) is 0.190. The molecular weight excluding hydrogens is 538 g/mol. The first-order valence-electron chi connectivity index (χ1n) is 13.4. The van der Waals surface area contributed by atoms with Crippen molar-refractivity contribution in [1.82, 2.24) is 9.88 Å². The maximum atomic E-state index is 16.1. The van der Waals surface area contributed by atoms with Gasteiger partial charge in [-0.15, -0.1) is 0 Å². The Morgan fingerprint density at radius 2 is 1.85 bits per heavy atom. The number of piperidine rings is 1. The summed E-state index contributed by atoms with van der Waals surface area (Å²) in [7, 11) is 5.20. The average molecular weight is 572 g/mol. The van der Waals surface area contributed by atoms with Crippen LogP contribution in [0.5, 0.6) is 5.75 Å². The highest BCUT2D eigenvalue weighted by Gasteiger charge is 2.37. The molecule has 1 saturated heterocycles. The van der Waals surface area contributed by atoms with Crippen molar-refractivity contribution >= 4 is 22.6 Å². The number of alkyl halides is 1. The number of fused-ring (bicyclic) bond motifs is 1. The Hall–Kier alpha value is -3.84. The molecule has 10 heteroatoms. The van der Waals surface area contributed by atoms with Crippen LogP contribution in [0.3, 0.4) is 0 Å². The second kappa shape index (κ2) is 12.8.